The fraction of sp³-hybridized carbons (Fsp3) is 0.385. The molecule has 2 heterocycles. The third-order valence-corrected chi connectivity index (χ3v) is 3.39. The van der Waals surface area contributed by atoms with Gasteiger partial charge in [-0.05, 0) is 36.7 Å². The van der Waals surface area contributed by atoms with Crippen molar-refractivity contribution in [3.8, 4) is 0 Å². The number of rotatable bonds is 2. The number of anilines is 1. The number of amides is 2. The van der Waals surface area contributed by atoms with Gasteiger partial charge in [0, 0.05) is 23.8 Å². The Morgan fingerprint density at radius 3 is 3.06 bits per heavy atom. The van der Waals surface area contributed by atoms with Crippen LogP contribution in [0.3, 0.4) is 0 Å². The molecule has 2 aliphatic heterocycles. The summed E-state index contributed by atoms with van der Waals surface area (Å²) >= 11 is 0. The molecule has 2 amide bonds. The van der Waals surface area contributed by atoms with E-state index >= 15 is 0 Å². The number of benzene rings is 1. The predicted octanol–water partition coefficient (Wildman–Crippen LogP) is 0.273. The van der Waals surface area contributed by atoms with Crippen LogP contribution in [-0.4, -0.2) is 30.9 Å². The maximum Gasteiger partial charge on any atom is 0.251 e. The minimum absolute atomic E-state index is 0.0115. The van der Waals surface area contributed by atoms with E-state index < -0.39 is 0 Å². The summed E-state index contributed by atoms with van der Waals surface area (Å²) in [6.45, 7) is 1.78. The Morgan fingerprint density at radius 1 is 1.39 bits per heavy atom. The summed E-state index contributed by atoms with van der Waals surface area (Å²) in [5.74, 6) is -0.0756. The Labute approximate surface area is 105 Å². The van der Waals surface area contributed by atoms with Gasteiger partial charge in [0.05, 0.1) is 6.42 Å². The first-order valence-corrected chi connectivity index (χ1v) is 6.17. The zero-order valence-corrected chi connectivity index (χ0v) is 9.95. The molecule has 2 aliphatic rings. The van der Waals surface area contributed by atoms with Crippen LogP contribution >= 0.6 is 0 Å². The topological polar surface area (TPSA) is 70.2 Å². The number of hydrogen-bond acceptors (Lipinski definition) is 3. The second-order valence-electron chi connectivity index (χ2n) is 4.76. The van der Waals surface area contributed by atoms with E-state index in [1.54, 1.807) is 18.2 Å². The summed E-state index contributed by atoms with van der Waals surface area (Å²) < 4.78 is 0. The average Bonchev–Trinajstić information content (AvgIpc) is 2.95. The van der Waals surface area contributed by atoms with Crippen LogP contribution in [0, 0.1) is 0 Å². The van der Waals surface area contributed by atoms with E-state index in [0.717, 1.165) is 30.8 Å². The number of carbonyl (C=O) groups excluding carboxylic acids is 2. The monoisotopic (exact) mass is 245 g/mol. The Hall–Kier alpha value is -1.88. The second-order valence-corrected chi connectivity index (χ2v) is 4.76. The summed E-state index contributed by atoms with van der Waals surface area (Å²) in [5.41, 5.74) is 2.34. The average molecular weight is 245 g/mol. The highest BCUT2D eigenvalue weighted by molar-refractivity contribution is 6.01. The summed E-state index contributed by atoms with van der Waals surface area (Å²) in [5, 5.41) is 8.95. The number of fused-ring (bicyclic) bond motifs is 1. The Bertz CT molecular complexity index is 507. The van der Waals surface area contributed by atoms with Gasteiger partial charge in [-0.25, -0.2) is 0 Å². The summed E-state index contributed by atoms with van der Waals surface area (Å²) in [7, 11) is 0. The first-order valence-electron chi connectivity index (χ1n) is 6.17. The smallest absolute Gasteiger partial charge is 0.251 e. The number of hydrogen-bond donors (Lipinski definition) is 3. The van der Waals surface area contributed by atoms with Gasteiger partial charge in [0.1, 0.15) is 0 Å². The lowest BCUT2D eigenvalue weighted by atomic mass is 10.1. The van der Waals surface area contributed by atoms with Gasteiger partial charge in [-0.15, -0.1) is 0 Å². The van der Waals surface area contributed by atoms with Gasteiger partial charge in [-0.3, -0.25) is 9.59 Å². The Morgan fingerprint density at radius 2 is 2.28 bits per heavy atom. The molecule has 0 bridgehead atoms. The molecule has 3 rings (SSSR count). The normalized spacial score (nSPS) is 21.6. The Balaban J connectivity index is 1.74. The van der Waals surface area contributed by atoms with Crippen molar-refractivity contribution in [1.29, 1.82) is 0 Å². The number of carbonyl (C=O) groups is 2. The van der Waals surface area contributed by atoms with Crippen molar-refractivity contribution in [3.63, 3.8) is 0 Å². The van der Waals surface area contributed by atoms with Gasteiger partial charge in [0.25, 0.3) is 5.91 Å². The minimum atomic E-state index is -0.0640. The van der Waals surface area contributed by atoms with Crippen molar-refractivity contribution in [1.82, 2.24) is 10.6 Å². The van der Waals surface area contributed by atoms with E-state index in [9.17, 15) is 9.59 Å². The molecule has 1 fully saturated rings. The molecular weight excluding hydrogens is 230 g/mol. The van der Waals surface area contributed by atoms with E-state index in [1.807, 2.05) is 0 Å². The first kappa shape index (κ1) is 11.2. The number of nitrogens with one attached hydrogen (secondary N) is 3. The Kier molecular flexibility index (Phi) is 2.76. The van der Waals surface area contributed by atoms with Crippen LogP contribution in [0.15, 0.2) is 18.2 Å². The SMILES string of the molecule is O=C1Cc2cc(C(=O)N[C@@H]3CCNC3)ccc2N1. The van der Waals surface area contributed by atoms with Gasteiger partial charge in [0.15, 0.2) is 0 Å². The molecule has 0 unspecified atom stereocenters. The van der Waals surface area contributed by atoms with Crippen molar-refractivity contribution >= 4 is 17.5 Å². The van der Waals surface area contributed by atoms with Gasteiger partial charge in [0.2, 0.25) is 5.91 Å². The van der Waals surface area contributed by atoms with Crippen molar-refractivity contribution < 1.29 is 9.59 Å². The third kappa shape index (κ3) is 2.09. The van der Waals surface area contributed by atoms with Gasteiger partial charge < -0.3 is 16.0 Å². The summed E-state index contributed by atoms with van der Waals surface area (Å²) in [6, 6.07) is 5.56. The zero-order valence-electron chi connectivity index (χ0n) is 9.95. The lowest BCUT2D eigenvalue weighted by Gasteiger charge is -2.11. The molecule has 0 aromatic heterocycles. The molecular formula is C13H15N3O2. The molecule has 5 heteroatoms. The highest BCUT2D eigenvalue weighted by atomic mass is 16.2. The van der Waals surface area contributed by atoms with Crippen LogP contribution < -0.4 is 16.0 Å². The zero-order chi connectivity index (χ0) is 12.5. The van der Waals surface area contributed by atoms with Crippen molar-refractivity contribution in [2.45, 2.75) is 18.9 Å². The van der Waals surface area contributed by atoms with Crippen LogP contribution in [0.1, 0.15) is 22.3 Å². The van der Waals surface area contributed by atoms with Crippen LogP contribution in [0.5, 0.6) is 0 Å². The largest absolute Gasteiger partial charge is 0.348 e. The molecule has 5 nitrogen and oxygen atoms in total. The molecule has 1 saturated heterocycles. The van der Waals surface area contributed by atoms with Crippen molar-refractivity contribution in [2.24, 2.45) is 0 Å². The van der Waals surface area contributed by atoms with Crippen LogP contribution in [0.25, 0.3) is 0 Å². The fourth-order valence-electron chi connectivity index (χ4n) is 2.42. The molecule has 0 aliphatic carbocycles. The van der Waals surface area contributed by atoms with Crippen molar-refractivity contribution in [3.05, 3.63) is 29.3 Å². The van der Waals surface area contributed by atoms with Crippen LogP contribution in [-0.2, 0) is 11.2 Å². The van der Waals surface area contributed by atoms with E-state index in [4.69, 9.17) is 0 Å². The fourth-order valence-corrected chi connectivity index (χ4v) is 2.42. The molecule has 3 N–H and O–H groups in total. The molecule has 94 valence electrons. The van der Waals surface area contributed by atoms with Gasteiger partial charge in [-0.2, -0.15) is 0 Å². The maximum absolute atomic E-state index is 12.0. The molecule has 1 aromatic rings. The highest BCUT2D eigenvalue weighted by Crippen LogP contribution is 2.23. The molecule has 0 saturated carbocycles. The van der Waals surface area contributed by atoms with Gasteiger partial charge in [-0.1, -0.05) is 0 Å². The lowest BCUT2D eigenvalue weighted by molar-refractivity contribution is -0.115. The van der Waals surface area contributed by atoms with Crippen LogP contribution in [0.2, 0.25) is 0 Å². The molecule has 1 aromatic carbocycles. The summed E-state index contributed by atoms with van der Waals surface area (Å²) in [4.78, 5) is 23.3. The van der Waals surface area contributed by atoms with E-state index in [1.165, 1.54) is 0 Å². The lowest BCUT2D eigenvalue weighted by Crippen LogP contribution is -2.36. The van der Waals surface area contributed by atoms with E-state index in [2.05, 4.69) is 16.0 Å². The standard InChI is InChI=1S/C13H15N3O2/c17-12-6-9-5-8(1-2-11(9)16-12)13(18)15-10-3-4-14-7-10/h1-2,5,10,14H,3-4,6-7H2,(H,15,18)(H,16,17)/t10-/m1/s1. The van der Waals surface area contributed by atoms with Gasteiger partial charge >= 0.3 is 0 Å². The highest BCUT2D eigenvalue weighted by Gasteiger charge is 2.21. The van der Waals surface area contributed by atoms with E-state index in [-0.39, 0.29) is 17.9 Å². The second kappa shape index (κ2) is 4.42. The first-order chi connectivity index (χ1) is 8.72. The quantitative estimate of drug-likeness (QED) is 0.700. The van der Waals surface area contributed by atoms with Crippen LogP contribution in [0.4, 0.5) is 5.69 Å². The predicted molar refractivity (Wildman–Crippen MR) is 67.5 cm³/mol. The molecule has 1 atom stereocenters. The van der Waals surface area contributed by atoms with Crippen molar-refractivity contribution in [2.75, 3.05) is 18.4 Å². The minimum Gasteiger partial charge on any atom is -0.348 e. The third-order valence-electron chi connectivity index (χ3n) is 3.39. The van der Waals surface area contributed by atoms with E-state index in [0.29, 0.717) is 12.0 Å². The molecule has 0 spiro atoms. The molecule has 0 radical (unpaired) electrons. The maximum atomic E-state index is 12.0. The summed E-state index contributed by atoms with van der Waals surface area (Å²) in [6.07, 6.45) is 1.33. The molecule has 18 heavy (non-hydrogen) atoms.